The average Bonchev–Trinajstić information content (AvgIpc) is 2.81. The van der Waals surface area contributed by atoms with Crippen LogP contribution in [0.4, 0.5) is 4.39 Å². The van der Waals surface area contributed by atoms with Gasteiger partial charge >= 0.3 is 0 Å². The third-order valence-electron chi connectivity index (χ3n) is 3.13. The molecule has 0 bridgehead atoms. The van der Waals surface area contributed by atoms with Crippen LogP contribution in [0.3, 0.4) is 0 Å². The van der Waals surface area contributed by atoms with Gasteiger partial charge < -0.3 is 4.90 Å². The average molecular weight is 300 g/mol. The van der Waals surface area contributed by atoms with Crippen molar-refractivity contribution in [2.75, 3.05) is 18.4 Å². The van der Waals surface area contributed by atoms with E-state index in [-0.39, 0.29) is 11.7 Å². The van der Waals surface area contributed by atoms with Gasteiger partial charge in [0.2, 0.25) is 5.91 Å². The lowest BCUT2D eigenvalue weighted by molar-refractivity contribution is -0.129. The van der Waals surface area contributed by atoms with Crippen LogP contribution in [0.5, 0.6) is 0 Å². The number of amides is 1. The molecule has 1 unspecified atom stereocenters. The third-order valence-corrected chi connectivity index (χ3v) is 4.04. The second-order valence-corrected chi connectivity index (χ2v) is 5.10. The molecule has 0 N–H and O–H groups in total. The molecule has 4 heteroatoms. The molecule has 1 aromatic carbocycles. The molecule has 1 amide bonds. The first-order chi connectivity index (χ1) is 8.19. The number of halogens is 2. The van der Waals surface area contributed by atoms with Gasteiger partial charge in [0.25, 0.3) is 0 Å². The first-order valence-electron chi connectivity index (χ1n) is 5.77. The Labute approximate surface area is 109 Å². The molecule has 1 fully saturated rings. The maximum absolute atomic E-state index is 12.7. The highest BCUT2D eigenvalue weighted by molar-refractivity contribution is 9.09. The number of hydrogen-bond acceptors (Lipinski definition) is 1. The number of carbonyl (C=O) groups excluding carboxylic acids is 1. The Bertz CT molecular complexity index is 393. The van der Waals surface area contributed by atoms with E-state index in [0.29, 0.717) is 12.3 Å². The number of hydrogen-bond donors (Lipinski definition) is 0. The molecule has 0 spiro atoms. The van der Waals surface area contributed by atoms with Crippen LogP contribution in [0.2, 0.25) is 0 Å². The Balaban J connectivity index is 1.91. The highest BCUT2D eigenvalue weighted by Gasteiger charge is 2.25. The van der Waals surface area contributed by atoms with Gasteiger partial charge in [-0.15, -0.1) is 0 Å². The summed E-state index contributed by atoms with van der Waals surface area (Å²) in [7, 11) is 0. The minimum absolute atomic E-state index is 0.139. The van der Waals surface area contributed by atoms with Gasteiger partial charge in [0, 0.05) is 18.4 Å². The lowest BCUT2D eigenvalue weighted by Gasteiger charge is -2.16. The summed E-state index contributed by atoms with van der Waals surface area (Å²) >= 11 is 3.45. The van der Waals surface area contributed by atoms with Crippen molar-refractivity contribution in [3.05, 3.63) is 35.6 Å². The lowest BCUT2D eigenvalue weighted by Crippen LogP contribution is -2.30. The molecule has 2 rings (SSSR count). The summed E-state index contributed by atoms with van der Waals surface area (Å²) < 4.78 is 12.7. The Kier molecular flexibility index (Phi) is 4.15. The predicted octanol–water partition coefficient (Wildman–Crippen LogP) is 2.61. The van der Waals surface area contributed by atoms with Crippen LogP contribution >= 0.6 is 15.9 Å². The summed E-state index contributed by atoms with van der Waals surface area (Å²) in [4.78, 5) is 13.9. The molecule has 0 saturated carbocycles. The predicted molar refractivity (Wildman–Crippen MR) is 68.6 cm³/mol. The maximum atomic E-state index is 12.7. The van der Waals surface area contributed by atoms with E-state index in [9.17, 15) is 9.18 Å². The SMILES string of the molecule is O=C(Cc1ccc(F)cc1)N1CCC(CBr)C1. The van der Waals surface area contributed by atoms with Crippen molar-refractivity contribution in [3.63, 3.8) is 0 Å². The fourth-order valence-corrected chi connectivity index (χ4v) is 2.60. The number of likely N-dealkylation sites (tertiary alicyclic amines) is 1. The van der Waals surface area contributed by atoms with E-state index in [0.717, 1.165) is 30.4 Å². The van der Waals surface area contributed by atoms with Crippen molar-refractivity contribution in [1.82, 2.24) is 4.90 Å². The van der Waals surface area contributed by atoms with Gasteiger partial charge in [-0.25, -0.2) is 4.39 Å². The van der Waals surface area contributed by atoms with Crippen molar-refractivity contribution in [2.24, 2.45) is 5.92 Å². The summed E-state index contributed by atoms with van der Waals surface area (Å²) in [6, 6.07) is 6.14. The van der Waals surface area contributed by atoms with Gasteiger partial charge in [0.05, 0.1) is 6.42 Å². The van der Waals surface area contributed by atoms with Gasteiger partial charge in [0.15, 0.2) is 0 Å². The monoisotopic (exact) mass is 299 g/mol. The first-order valence-corrected chi connectivity index (χ1v) is 6.89. The quantitative estimate of drug-likeness (QED) is 0.786. The highest BCUT2D eigenvalue weighted by atomic mass is 79.9. The van der Waals surface area contributed by atoms with E-state index in [4.69, 9.17) is 0 Å². The van der Waals surface area contributed by atoms with Crippen LogP contribution < -0.4 is 0 Å². The summed E-state index contributed by atoms with van der Waals surface area (Å²) in [5.74, 6) is 0.453. The number of nitrogens with zero attached hydrogens (tertiary/aromatic N) is 1. The Hall–Kier alpha value is -0.900. The molecule has 0 aromatic heterocycles. The van der Waals surface area contributed by atoms with Crippen molar-refractivity contribution >= 4 is 21.8 Å². The Morgan fingerprint density at radius 1 is 1.41 bits per heavy atom. The zero-order valence-electron chi connectivity index (χ0n) is 9.53. The van der Waals surface area contributed by atoms with Crippen LogP contribution in [0.15, 0.2) is 24.3 Å². The molecule has 1 heterocycles. The molecule has 2 nitrogen and oxygen atoms in total. The van der Waals surface area contributed by atoms with Gasteiger partial charge in [0.1, 0.15) is 5.82 Å². The molecule has 92 valence electrons. The zero-order chi connectivity index (χ0) is 12.3. The summed E-state index contributed by atoms with van der Waals surface area (Å²) in [5, 5.41) is 0.952. The third kappa shape index (κ3) is 3.28. The Morgan fingerprint density at radius 3 is 2.71 bits per heavy atom. The number of carbonyl (C=O) groups is 1. The van der Waals surface area contributed by atoms with Crippen molar-refractivity contribution < 1.29 is 9.18 Å². The molecule has 17 heavy (non-hydrogen) atoms. The molecule has 1 aliphatic heterocycles. The highest BCUT2D eigenvalue weighted by Crippen LogP contribution is 2.19. The number of alkyl halides is 1. The van der Waals surface area contributed by atoms with Crippen molar-refractivity contribution in [2.45, 2.75) is 12.8 Å². The molecule has 1 saturated heterocycles. The summed E-state index contributed by atoms with van der Waals surface area (Å²) in [6.07, 6.45) is 1.44. The number of benzene rings is 1. The number of rotatable bonds is 3. The molecule has 1 aromatic rings. The summed E-state index contributed by atoms with van der Waals surface area (Å²) in [6.45, 7) is 1.68. The second-order valence-electron chi connectivity index (χ2n) is 4.45. The van der Waals surface area contributed by atoms with E-state index in [2.05, 4.69) is 15.9 Å². The minimum atomic E-state index is -0.262. The van der Waals surface area contributed by atoms with Gasteiger partial charge in [-0.05, 0) is 30.0 Å². The van der Waals surface area contributed by atoms with Gasteiger partial charge in [-0.1, -0.05) is 28.1 Å². The standard InChI is InChI=1S/C13H15BrFNO/c14-8-11-5-6-16(9-11)13(17)7-10-1-3-12(15)4-2-10/h1-4,11H,5-9H2. The van der Waals surface area contributed by atoms with Gasteiger partial charge in [-0.2, -0.15) is 0 Å². The van der Waals surface area contributed by atoms with E-state index in [1.807, 2.05) is 4.90 Å². The molecule has 1 atom stereocenters. The smallest absolute Gasteiger partial charge is 0.226 e. The largest absolute Gasteiger partial charge is 0.342 e. The minimum Gasteiger partial charge on any atom is -0.342 e. The van der Waals surface area contributed by atoms with Crippen molar-refractivity contribution in [3.8, 4) is 0 Å². The van der Waals surface area contributed by atoms with E-state index >= 15 is 0 Å². The topological polar surface area (TPSA) is 20.3 Å². The lowest BCUT2D eigenvalue weighted by atomic mass is 10.1. The molecular formula is C13H15BrFNO. The molecule has 1 aliphatic rings. The van der Waals surface area contributed by atoms with E-state index in [1.54, 1.807) is 12.1 Å². The normalized spacial score (nSPS) is 19.6. The van der Waals surface area contributed by atoms with E-state index < -0.39 is 0 Å². The van der Waals surface area contributed by atoms with Crippen LogP contribution in [0.25, 0.3) is 0 Å². The Morgan fingerprint density at radius 2 is 2.12 bits per heavy atom. The first kappa shape index (κ1) is 12.6. The zero-order valence-corrected chi connectivity index (χ0v) is 11.1. The van der Waals surface area contributed by atoms with Crippen LogP contribution in [0.1, 0.15) is 12.0 Å². The second kappa shape index (κ2) is 5.63. The van der Waals surface area contributed by atoms with Crippen LogP contribution in [0, 0.1) is 11.7 Å². The molecular weight excluding hydrogens is 285 g/mol. The fourth-order valence-electron chi connectivity index (χ4n) is 2.07. The maximum Gasteiger partial charge on any atom is 0.226 e. The van der Waals surface area contributed by atoms with Crippen LogP contribution in [-0.2, 0) is 11.2 Å². The molecule has 0 aliphatic carbocycles. The van der Waals surface area contributed by atoms with E-state index in [1.165, 1.54) is 12.1 Å². The van der Waals surface area contributed by atoms with Crippen LogP contribution in [-0.4, -0.2) is 29.2 Å². The van der Waals surface area contributed by atoms with Crippen molar-refractivity contribution in [1.29, 1.82) is 0 Å². The molecule has 0 radical (unpaired) electrons. The fraction of sp³-hybridized carbons (Fsp3) is 0.462. The summed E-state index contributed by atoms with van der Waals surface area (Å²) in [5.41, 5.74) is 0.874. The van der Waals surface area contributed by atoms with Gasteiger partial charge in [-0.3, -0.25) is 4.79 Å².